The van der Waals surface area contributed by atoms with Crippen LogP contribution in [0.3, 0.4) is 0 Å². The number of carbonyl (C=O) groups is 4. The van der Waals surface area contributed by atoms with Crippen LogP contribution in [0.25, 0.3) is 0 Å². The molecule has 0 unspecified atom stereocenters. The number of amides is 2. The van der Waals surface area contributed by atoms with E-state index in [4.69, 9.17) is 14.2 Å². The molecule has 10 nitrogen and oxygen atoms in total. The fourth-order valence-corrected chi connectivity index (χ4v) is 5.99. The Morgan fingerprint density at radius 2 is 1.23 bits per heavy atom. The number of esters is 2. The summed E-state index contributed by atoms with van der Waals surface area (Å²) in [5, 5.41) is 15.6. The monoisotopic (exact) mass is 760 g/mol. The third-order valence-corrected chi connectivity index (χ3v) is 9.09. The van der Waals surface area contributed by atoms with E-state index in [9.17, 15) is 24.3 Å². The summed E-state index contributed by atoms with van der Waals surface area (Å²) in [6, 6.07) is 33.9. The molecule has 4 atom stereocenters. The molecule has 0 aliphatic heterocycles. The largest absolute Gasteiger partial charge is 0.489 e. The minimum absolute atomic E-state index is 0.0551. The molecule has 0 saturated carbocycles. The van der Waals surface area contributed by atoms with Crippen molar-refractivity contribution in [3.63, 3.8) is 0 Å². The van der Waals surface area contributed by atoms with Gasteiger partial charge in [0.25, 0.3) is 0 Å². The maximum atomic E-state index is 13.7. The summed E-state index contributed by atoms with van der Waals surface area (Å²) in [4.78, 5) is 53.7. The van der Waals surface area contributed by atoms with E-state index in [2.05, 4.69) is 23.8 Å². The fraction of sp³-hybridized carbons (Fsp3) is 0.304. The Hall–Kier alpha value is -6.00. The molecule has 0 heterocycles. The molecule has 3 N–H and O–H groups in total. The van der Waals surface area contributed by atoms with Crippen LogP contribution in [-0.2, 0) is 54.7 Å². The molecule has 0 radical (unpaired) electrons. The van der Waals surface area contributed by atoms with Crippen LogP contribution in [0.5, 0.6) is 5.75 Å². The van der Waals surface area contributed by atoms with Gasteiger partial charge in [-0.15, -0.1) is 13.2 Å². The first-order valence-corrected chi connectivity index (χ1v) is 18.9. The first kappa shape index (κ1) is 42.7. The Morgan fingerprint density at radius 3 is 1.82 bits per heavy atom. The van der Waals surface area contributed by atoms with E-state index >= 15 is 0 Å². The lowest BCUT2D eigenvalue weighted by Gasteiger charge is -2.23. The summed E-state index contributed by atoms with van der Waals surface area (Å²) in [7, 11) is 0. The first-order chi connectivity index (χ1) is 27.3. The SMILES string of the molecule is C=CCC[C@H](Cc1ccccc1)C(=O)OC[C@@H](NC(=O)[C@@H](CC=C)CC(=O)N[C@H](CO)Cc1ccc(OCc2ccccc2)cc1)C(=O)OCc1ccccc1. The van der Waals surface area contributed by atoms with E-state index in [1.807, 2.05) is 103 Å². The molecule has 0 fully saturated rings. The second-order valence-electron chi connectivity index (χ2n) is 13.5. The van der Waals surface area contributed by atoms with Crippen molar-refractivity contribution in [2.24, 2.45) is 11.8 Å². The Kier molecular flexibility index (Phi) is 18.1. The highest BCUT2D eigenvalue weighted by Crippen LogP contribution is 2.19. The quantitative estimate of drug-likeness (QED) is 0.0546. The Bertz CT molecular complexity index is 1820. The van der Waals surface area contributed by atoms with Crippen molar-refractivity contribution in [3.05, 3.63) is 163 Å². The molecule has 2 amide bonds. The Labute approximate surface area is 329 Å². The number of hydrogen-bond acceptors (Lipinski definition) is 8. The predicted molar refractivity (Wildman–Crippen MR) is 215 cm³/mol. The third kappa shape index (κ3) is 15.0. The van der Waals surface area contributed by atoms with Gasteiger partial charge in [-0.3, -0.25) is 14.4 Å². The Balaban J connectivity index is 1.37. The summed E-state index contributed by atoms with van der Waals surface area (Å²) in [6.45, 7) is 7.10. The molecule has 10 heteroatoms. The zero-order valence-corrected chi connectivity index (χ0v) is 31.7. The second-order valence-corrected chi connectivity index (χ2v) is 13.5. The number of benzene rings is 4. The second kappa shape index (κ2) is 23.7. The van der Waals surface area contributed by atoms with Crippen molar-refractivity contribution in [1.29, 1.82) is 0 Å². The van der Waals surface area contributed by atoms with Crippen LogP contribution in [0.2, 0.25) is 0 Å². The average molecular weight is 761 g/mol. The minimum Gasteiger partial charge on any atom is -0.489 e. The lowest BCUT2D eigenvalue weighted by molar-refractivity contribution is -0.157. The number of nitrogens with one attached hydrogen (secondary N) is 2. The van der Waals surface area contributed by atoms with E-state index in [1.54, 1.807) is 18.2 Å². The van der Waals surface area contributed by atoms with Crippen molar-refractivity contribution in [3.8, 4) is 5.75 Å². The molecule has 4 rings (SSSR count). The molecule has 0 aromatic heterocycles. The number of aliphatic hydroxyl groups is 1. The van der Waals surface area contributed by atoms with E-state index < -0.39 is 54.3 Å². The highest BCUT2D eigenvalue weighted by Gasteiger charge is 2.30. The topological polar surface area (TPSA) is 140 Å². The molecular formula is C46H52N2O8. The fourth-order valence-electron chi connectivity index (χ4n) is 5.99. The van der Waals surface area contributed by atoms with Gasteiger partial charge >= 0.3 is 11.9 Å². The van der Waals surface area contributed by atoms with Crippen LogP contribution in [-0.4, -0.2) is 54.2 Å². The van der Waals surface area contributed by atoms with Crippen LogP contribution in [0, 0.1) is 11.8 Å². The van der Waals surface area contributed by atoms with Gasteiger partial charge in [0.2, 0.25) is 11.8 Å². The molecule has 4 aromatic carbocycles. The van der Waals surface area contributed by atoms with Gasteiger partial charge in [-0.05, 0) is 66.5 Å². The summed E-state index contributed by atoms with van der Waals surface area (Å²) in [5.41, 5.74) is 3.62. The first-order valence-electron chi connectivity index (χ1n) is 18.9. The van der Waals surface area contributed by atoms with Crippen LogP contribution in [0.1, 0.15) is 47.9 Å². The zero-order chi connectivity index (χ0) is 40.0. The predicted octanol–water partition coefficient (Wildman–Crippen LogP) is 6.46. The van der Waals surface area contributed by atoms with Gasteiger partial charge in [0.1, 0.15) is 25.6 Å². The molecule has 56 heavy (non-hydrogen) atoms. The molecular weight excluding hydrogens is 709 g/mol. The highest BCUT2D eigenvalue weighted by molar-refractivity contribution is 5.89. The number of aliphatic hydroxyl groups excluding tert-OH is 1. The summed E-state index contributed by atoms with van der Waals surface area (Å²) < 4.78 is 17.1. The van der Waals surface area contributed by atoms with Gasteiger partial charge < -0.3 is 30.0 Å². The molecule has 0 aliphatic rings. The number of rotatable bonds is 24. The van der Waals surface area contributed by atoms with Crippen LogP contribution in [0.15, 0.2) is 141 Å². The average Bonchev–Trinajstić information content (AvgIpc) is 3.23. The normalized spacial score (nSPS) is 12.9. The van der Waals surface area contributed by atoms with Gasteiger partial charge in [-0.1, -0.05) is 115 Å². The molecule has 0 aliphatic carbocycles. The summed E-state index contributed by atoms with van der Waals surface area (Å²) >= 11 is 0. The maximum absolute atomic E-state index is 13.7. The molecule has 0 spiro atoms. The van der Waals surface area contributed by atoms with E-state index in [-0.39, 0.29) is 26.1 Å². The van der Waals surface area contributed by atoms with Gasteiger partial charge in [-0.25, -0.2) is 4.79 Å². The van der Waals surface area contributed by atoms with Crippen molar-refractivity contribution >= 4 is 23.8 Å². The minimum atomic E-state index is -1.34. The summed E-state index contributed by atoms with van der Waals surface area (Å²) in [6.07, 6.45) is 4.98. The molecule has 294 valence electrons. The lowest BCUT2D eigenvalue weighted by Crippen LogP contribution is -2.48. The van der Waals surface area contributed by atoms with Crippen molar-refractivity contribution in [1.82, 2.24) is 10.6 Å². The summed E-state index contributed by atoms with van der Waals surface area (Å²) in [5.74, 6) is -3.11. The van der Waals surface area contributed by atoms with E-state index in [0.29, 0.717) is 38.0 Å². The molecule has 0 saturated heterocycles. The van der Waals surface area contributed by atoms with Crippen molar-refractivity contribution < 1.29 is 38.5 Å². The number of hydrogen-bond donors (Lipinski definition) is 3. The van der Waals surface area contributed by atoms with Crippen molar-refractivity contribution in [2.45, 2.75) is 63.8 Å². The van der Waals surface area contributed by atoms with Crippen LogP contribution >= 0.6 is 0 Å². The van der Waals surface area contributed by atoms with E-state index in [0.717, 1.165) is 22.3 Å². The molecule has 0 bridgehead atoms. The number of allylic oxidation sites excluding steroid dienone is 2. The standard InChI is InChI=1S/C46H52N2O8/c1-3-5-22-39(27-34-16-9-6-10-17-34)45(52)56-33-42(46(53)55-32-37-20-13-8-14-21-37)48-44(51)38(15-4-2)29-43(50)47-40(30-49)28-35-23-25-41(26-24-35)54-31-36-18-11-7-12-19-36/h3-4,6-14,16-21,23-26,38-40,42,49H,1-2,5,15,22,27-33H2,(H,47,50)(H,48,51)/t38-,39+,40-,42+/m0/s1. The Morgan fingerprint density at radius 1 is 0.643 bits per heavy atom. The van der Waals surface area contributed by atoms with Crippen LogP contribution < -0.4 is 15.4 Å². The maximum Gasteiger partial charge on any atom is 0.332 e. The zero-order valence-electron chi connectivity index (χ0n) is 31.7. The highest BCUT2D eigenvalue weighted by atomic mass is 16.6. The van der Waals surface area contributed by atoms with Gasteiger partial charge in [-0.2, -0.15) is 0 Å². The van der Waals surface area contributed by atoms with Gasteiger partial charge in [0, 0.05) is 6.42 Å². The van der Waals surface area contributed by atoms with Gasteiger partial charge in [0.15, 0.2) is 6.04 Å². The number of ether oxygens (including phenoxy) is 3. The smallest absolute Gasteiger partial charge is 0.332 e. The van der Waals surface area contributed by atoms with Crippen molar-refractivity contribution in [2.75, 3.05) is 13.2 Å². The van der Waals surface area contributed by atoms with Crippen LogP contribution in [0.4, 0.5) is 0 Å². The lowest BCUT2D eigenvalue weighted by atomic mass is 9.95. The molecule has 4 aromatic rings. The third-order valence-electron chi connectivity index (χ3n) is 9.09. The van der Waals surface area contributed by atoms with E-state index in [1.165, 1.54) is 6.08 Å². The van der Waals surface area contributed by atoms with Gasteiger partial charge in [0.05, 0.1) is 24.5 Å². The number of carbonyl (C=O) groups excluding carboxylic acids is 4.